The molecule has 1 amide bonds. The van der Waals surface area contributed by atoms with Gasteiger partial charge in [-0.05, 0) is 44.4 Å². The van der Waals surface area contributed by atoms with Gasteiger partial charge in [0.1, 0.15) is 0 Å². The largest absolute Gasteiger partial charge is 0.322 e. The Hall–Kier alpha value is -2.89. The van der Waals surface area contributed by atoms with Crippen LogP contribution in [0.1, 0.15) is 61.1 Å². The van der Waals surface area contributed by atoms with Crippen molar-refractivity contribution in [3.8, 4) is 5.69 Å². The van der Waals surface area contributed by atoms with E-state index >= 15 is 0 Å². The molecule has 0 aliphatic heterocycles. The van der Waals surface area contributed by atoms with E-state index in [2.05, 4.69) is 29.2 Å². The van der Waals surface area contributed by atoms with Gasteiger partial charge in [-0.3, -0.25) is 9.48 Å². The standard InChI is InChI=1S/C20H23N5O/c1-3-14(2)25-19(15-7-8-15)18(12-22-25)20(26)23-16-5-4-6-17(11-16)24-10-9-21-13-24/h4-6,9-15H,3,7-8H2,1-2H3,(H,23,26)/t14-/m0/s1. The number of carbonyl (C=O) groups is 1. The molecule has 0 bridgehead atoms. The third kappa shape index (κ3) is 3.14. The van der Waals surface area contributed by atoms with Crippen LogP contribution < -0.4 is 5.32 Å². The van der Waals surface area contributed by atoms with Crippen LogP contribution in [0.15, 0.2) is 49.2 Å². The minimum atomic E-state index is -0.0933. The molecule has 2 heterocycles. The molecule has 0 saturated heterocycles. The van der Waals surface area contributed by atoms with Gasteiger partial charge in [-0.25, -0.2) is 4.98 Å². The number of anilines is 1. The Bertz CT molecular complexity index is 908. The Morgan fingerprint density at radius 3 is 2.92 bits per heavy atom. The maximum atomic E-state index is 12.9. The first-order valence-electron chi connectivity index (χ1n) is 9.14. The number of carbonyl (C=O) groups excluding carboxylic acids is 1. The van der Waals surface area contributed by atoms with E-state index in [9.17, 15) is 4.79 Å². The van der Waals surface area contributed by atoms with Gasteiger partial charge in [0.25, 0.3) is 5.91 Å². The van der Waals surface area contributed by atoms with Crippen LogP contribution in [0.3, 0.4) is 0 Å². The minimum Gasteiger partial charge on any atom is -0.322 e. The van der Waals surface area contributed by atoms with Crippen LogP contribution in [0.25, 0.3) is 5.69 Å². The topological polar surface area (TPSA) is 64.7 Å². The fraction of sp³-hybridized carbons (Fsp3) is 0.350. The molecule has 4 rings (SSSR count). The second-order valence-electron chi connectivity index (χ2n) is 6.89. The summed E-state index contributed by atoms with van der Waals surface area (Å²) in [4.78, 5) is 17.0. The van der Waals surface area contributed by atoms with Crippen LogP contribution in [0.4, 0.5) is 5.69 Å². The summed E-state index contributed by atoms with van der Waals surface area (Å²) in [5.74, 6) is 0.369. The summed E-state index contributed by atoms with van der Waals surface area (Å²) in [7, 11) is 0. The zero-order valence-corrected chi connectivity index (χ0v) is 15.1. The second kappa shape index (κ2) is 6.78. The molecular formula is C20H23N5O. The van der Waals surface area contributed by atoms with E-state index in [-0.39, 0.29) is 5.91 Å². The summed E-state index contributed by atoms with van der Waals surface area (Å²) < 4.78 is 3.95. The first-order valence-corrected chi connectivity index (χ1v) is 9.14. The lowest BCUT2D eigenvalue weighted by Crippen LogP contribution is -2.16. The molecule has 0 spiro atoms. The number of hydrogen-bond donors (Lipinski definition) is 1. The Kier molecular flexibility index (Phi) is 4.32. The van der Waals surface area contributed by atoms with Crippen LogP contribution in [0, 0.1) is 0 Å². The van der Waals surface area contributed by atoms with Crippen LogP contribution in [-0.4, -0.2) is 25.2 Å². The monoisotopic (exact) mass is 349 g/mol. The van der Waals surface area contributed by atoms with Gasteiger partial charge in [-0.2, -0.15) is 5.10 Å². The third-order valence-corrected chi connectivity index (χ3v) is 4.96. The first kappa shape index (κ1) is 16.6. The van der Waals surface area contributed by atoms with E-state index in [1.807, 2.05) is 39.7 Å². The summed E-state index contributed by atoms with van der Waals surface area (Å²) in [6, 6.07) is 8.05. The highest BCUT2D eigenvalue weighted by Crippen LogP contribution is 2.42. The van der Waals surface area contributed by atoms with Crippen molar-refractivity contribution in [2.45, 2.75) is 45.1 Å². The Balaban J connectivity index is 1.59. The average Bonchev–Trinajstić information content (AvgIpc) is 3.17. The summed E-state index contributed by atoms with van der Waals surface area (Å²) in [6.45, 7) is 4.29. The highest BCUT2D eigenvalue weighted by atomic mass is 16.1. The van der Waals surface area contributed by atoms with E-state index in [1.165, 1.54) is 0 Å². The van der Waals surface area contributed by atoms with Crippen LogP contribution in [-0.2, 0) is 0 Å². The van der Waals surface area contributed by atoms with Crippen LogP contribution in [0.2, 0.25) is 0 Å². The van der Waals surface area contributed by atoms with E-state index in [0.29, 0.717) is 17.5 Å². The minimum absolute atomic E-state index is 0.0933. The van der Waals surface area contributed by atoms with Crippen molar-refractivity contribution in [2.75, 3.05) is 5.32 Å². The Labute approximate surface area is 152 Å². The van der Waals surface area contributed by atoms with Gasteiger partial charge in [0.05, 0.1) is 23.8 Å². The lowest BCUT2D eigenvalue weighted by atomic mass is 10.1. The molecule has 1 N–H and O–H groups in total. The van der Waals surface area contributed by atoms with E-state index in [0.717, 1.165) is 36.3 Å². The van der Waals surface area contributed by atoms with Crippen LogP contribution >= 0.6 is 0 Å². The molecule has 3 aromatic rings. The van der Waals surface area contributed by atoms with Gasteiger partial charge < -0.3 is 9.88 Å². The number of aromatic nitrogens is 4. The van der Waals surface area contributed by atoms with Crippen molar-refractivity contribution in [1.29, 1.82) is 0 Å². The SMILES string of the molecule is CC[C@H](C)n1ncc(C(=O)Nc2cccc(-n3ccnc3)c2)c1C1CC1. The first-order chi connectivity index (χ1) is 12.7. The molecule has 2 aromatic heterocycles. The molecule has 26 heavy (non-hydrogen) atoms. The Morgan fingerprint density at radius 2 is 2.23 bits per heavy atom. The van der Waals surface area contributed by atoms with E-state index in [1.54, 1.807) is 18.7 Å². The fourth-order valence-corrected chi connectivity index (χ4v) is 3.19. The van der Waals surface area contributed by atoms with Crippen molar-refractivity contribution in [1.82, 2.24) is 19.3 Å². The molecule has 1 fully saturated rings. The van der Waals surface area contributed by atoms with Crippen molar-refractivity contribution >= 4 is 11.6 Å². The fourth-order valence-electron chi connectivity index (χ4n) is 3.19. The molecule has 0 unspecified atom stereocenters. The summed E-state index contributed by atoms with van der Waals surface area (Å²) in [6.07, 6.45) is 10.3. The summed E-state index contributed by atoms with van der Waals surface area (Å²) in [5, 5.41) is 7.54. The number of nitrogens with one attached hydrogen (secondary N) is 1. The number of benzene rings is 1. The van der Waals surface area contributed by atoms with Gasteiger partial charge >= 0.3 is 0 Å². The molecule has 1 saturated carbocycles. The predicted molar refractivity (Wildman–Crippen MR) is 101 cm³/mol. The molecule has 1 aromatic carbocycles. The van der Waals surface area contributed by atoms with Gasteiger partial charge in [-0.15, -0.1) is 0 Å². The zero-order valence-electron chi connectivity index (χ0n) is 15.1. The number of rotatable bonds is 6. The number of nitrogens with zero attached hydrogens (tertiary/aromatic N) is 4. The highest BCUT2D eigenvalue weighted by Gasteiger charge is 2.33. The molecular weight excluding hydrogens is 326 g/mol. The number of amides is 1. The summed E-state index contributed by atoms with van der Waals surface area (Å²) >= 11 is 0. The maximum Gasteiger partial charge on any atom is 0.259 e. The number of hydrogen-bond acceptors (Lipinski definition) is 3. The van der Waals surface area contributed by atoms with E-state index in [4.69, 9.17) is 0 Å². The second-order valence-corrected chi connectivity index (χ2v) is 6.89. The predicted octanol–water partition coefficient (Wildman–Crippen LogP) is 4.17. The smallest absolute Gasteiger partial charge is 0.259 e. The van der Waals surface area contributed by atoms with Crippen molar-refractivity contribution in [3.63, 3.8) is 0 Å². The molecule has 1 atom stereocenters. The van der Waals surface area contributed by atoms with Gasteiger partial charge in [-0.1, -0.05) is 13.0 Å². The third-order valence-electron chi connectivity index (χ3n) is 4.96. The van der Waals surface area contributed by atoms with Gasteiger partial charge in [0.2, 0.25) is 0 Å². The number of imidazole rings is 1. The average molecular weight is 349 g/mol. The normalized spacial score (nSPS) is 15.0. The van der Waals surface area contributed by atoms with Gasteiger partial charge in [0.15, 0.2) is 0 Å². The van der Waals surface area contributed by atoms with Gasteiger partial charge in [0, 0.05) is 35.7 Å². The molecule has 6 nitrogen and oxygen atoms in total. The summed E-state index contributed by atoms with van der Waals surface area (Å²) in [5.41, 5.74) is 3.50. The molecule has 6 heteroatoms. The quantitative estimate of drug-likeness (QED) is 0.726. The van der Waals surface area contributed by atoms with Crippen LogP contribution in [0.5, 0.6) is 0 Å². The molecule has 1 aliphatic carbocycles. The molecule has 0 radical (unpaired) electrons. The van der Waals surface area contributed by atoms with Crippen molar-refractivity contribution in [2.24, 2.45) is 0 Å². The van der Waals surface area contributed by atoms with Crippen molar-refractivity contribution in [3.05, 3.63) is 60.4 Å². The van der Waals surface area contributed by atoms with Crippen molar-refractivity contribution < 1.29 is 4.79 Å². The Morgan fingerprint density at radius 1 is 1.38 bits per heavy atom. The maximum absolute atomic E-state index is 12.9. The highest BCUT2D eigenvalue weighted by molar-refractivity contribution is 6.05. The lowest BCUT2D eigenvalue weighted by Gasteiger charge is -2.14. The van der Waals surface area contributed by atoms with E-state index < -0.39 is 0 Å². The molecule has 1 aliphatic rings. The lowest BCUT2D eigenvalue weighted by molar-refractivity contribution is 0.102. The molecule has 134 valence electrons. The zero-order chi connectivity index (χ0) is 18.1.